The molecule has 5 heteroatoms. The first-order valence-corrected chi connectivity index (χ1v) is 3.21. The number of rotatable bonds is 4. The first-order valence-electron chi connectivity index (χ1n) is 3.21. The molecule has 0 aliphatic rings. The number of aliphatic hydroxyl groups excluding tert-OH is 1. The lowest BCUT2D eigenvalue weighted by Gasteiger charge is -2.09. The second kappa shape index (κ2) is 4.82. The van der Waals surface area contributed by atoms with Crippen LogP contribution in [0.25, 0.3) is 0 Å². The first kappa shape index (κ1) is 11.0. The third-order valence-electron chi connectivity index (χ3n) is 1.22. The van der Waals surface area contributed by atoms with E-state index in [1.54, 1.807) is 0 Å². The summed E-state index contributed by atoms with van der Waals surface area (Å²) in [5.74, 6) is -0.783. The monoisotopic (exact) mass is 180 g/mol. The van der Waals surface area contributed by atoms with Crippen molar-refractivity contribution < 1.29 is 23.4 Å². The summed E-state index contributed by atoms with van der Waals surface area (Å²) in [7, 11) is 1.11. The third-order valence-corrected chi connectivity index (χ3v) is 1.22. The lowest BCUT2D eigenvalue weighted by atomic mass is 10.1. The van der Waals surface area contributed by atoms with Crippen LogP contribution >= 0.6 is 0 Å². The molecule has 0 aliphatic heterocycles. The van der Waals surface area contributed by atoms with Crippen LogP contribution in [0, 0.1) is 0 Å². The van der Waals surface area contributed by atoms with Crippen LogP contribution in [-0.4, -0.2) is 30.7 Å². The summed E-state index contributed by atoms with van der Waals surface area (Å²) < 4.78 is 27.6. The van der Waals surface area contributed by atoms with Gasteiger partial charge in [0.2, 0.25) is 0 Å². The molecule has 12 heavy (non-hydrogen) atoms. The lowest BCUT2D eigenvalue weighted by Crippen LogP contribution is -2.20. The number of hydrogen-bond donors (Lipinski definition) is 1. The van der Waals surface area contributed by atoms with Crippen LogP contribution in [0.1, 0.15) is 6.42 Å². The average Bonchev–Trinajstić information content (AvgIpc) is 2.02. The summed E-state index contributed by atoms with van der Waals surface area (Å²) in [6, 6.07) is 0. The molecule has 0 aromatic rings. The van der Waals surface area contributed by atoms with E-state index in [0.717, 1.165) is 7.11 Å². The predicted molar refractivity (Wildman–Crippen MR) is 37.8 cm³/mol. The summed E-state index contributed by atoms with van der Waals surface area (Å²) in [6.07, 6.45) is -5.19. The van der Waals surface area contributed by atoms with Gasteiger partial charge in [0.1, 0.15) is 6.10 Å². The van der Waals surface area contributed by atoms with E-state index in [1.807, 2.05) is 0 Å². The number of ether oxygens (including phenoxy) is 1. The topological polar surface area (TPSA) is 46.5 Å². The molecule has 0 bridgehead atoms. The van der Waals surface area contributed by atoms with E-state index in [4.69, 9.17) is 5.11 Å². The number of carbonyl (C=O) groups excluding carboxylic acids is 1. The van der Waals surface area contributed by atoms with Gasteiger partial charge in [-0.15, -0.1) is 0 Å². The van der Waals surface area contributed by atoms with E-state index in [2.05, 4.69) is 11.3 Å². The maximum atomic E-state index is 11.7. The third kappa shape index (κ3) is 3.43. The van der Waals surface area contributed by atoms with Crippen LogP contribution in [0.5, 0.6) is 0 Å². The molecule has 0 aromatic carbocycles. The van der Waals surface area contributed by atoms with E-state index >= 15 is 0 Å². The molecule has 1 atom stereocenters. The fourth-order valence-electron chi connectivity index (χ4n) is 0.569. The molecule has 70 valence electrons. The zero-order chi connectivity index (χ0) is 9.72. The van der Waals surface area contributed by atoms with Gasteiger partial charge in [-0.25, -0.2) is 13.6 Å². The van der Waals surface area contributed by atoms with Gasteiger partial charge in [-0.05, 0) is 0 Å². The molecular formula is C7H10F2O3. The second-order valence-corrected chi connectivity index (χ2v) is 2.20. The molecule has 0 saturated carbocycles. The molecule has 0 saturated heterocycles. The van der Waals surface area contributed by atoms with Crippen molar-refractivity contribution in [3.8, 4) is 0 Å². The quantitative estimate of drug-likeness (QED) is 0.512. The average molecular weight is 180 g/mol. The van der Waals surface area contributed by atoms with E-state index in [1.165, 1.54) is 0 Å². The highest BCUT2D eigenvalue weighted by molar-refractivity contribution is 5.87. The van der Waals surface area contributed by atoms with E-state index in [-0.39, 0.29) is 5.57 Å². The SMILES string of the molecule is C=C(CC(O)C(F)F)C(=O)OC. The van der Waals surface area contributed by atoms with Gasteiger partial charge in [0.05, 0.1) is 7.11 Å². The fraction of sp³-hybridized carbons (Fsp3) is 0.571. The molecule has 0 radical (unpaired) electrons. The van der Waals surface area contributed by atoms with E-state index in [9.17, 15) is 13.6 Å². The summed E-state index contributed by atoms with van der Waals surface area (Å²) in [4.78, 5) is 10.6. The Morgan fingerprint density at radius 1 is 1.67 bits per heavy atom. The predicted octanol–water partition coefficient (Wildman–Crippen LogP) is 0.732. The molecule has 0 fully saturated rings. The fourth-order valence-corrected chi connectivity index (χ4v) is 0.569. The minimum absolute atomic E-state index is 0.162. The molecule has 0 heterocycles. The highest BCUT2D eigenvalue weighted by Crippen LogP contribution is 2.11. The van der Waals surface area contributed by atoms with Crippen LogP contribution in [0.2, 0.25) is 0 Å². The Hall–Kier alpha value is -0.970. The van der Waals surface area contributed by atoms with Crippen molar-refractivity contribution in [2.75, 3.05) is 7.11 Å². The minimum Gasteiger partial charge on any atom is -0.466 e. The molecular weight excluding hydrogens is 170 g/mol. The zero-order valence-corrected chi connectivity index (χ0v) is 6.59. The Bertz CT molecular complexity index is 179. The lowest BCUT2D eigenvalue weighted by molar-refractivity contribution is -0.136. The number of alkyl halides is 2. The van der Waals surface area contributed by atoms with Gasteiger partial charge in [0.25, 0.3) is 6.43 Å². The summed E-state index contributed by atoms with van der Waals surface area (Å²) in [6.45, 7) is 3.18. The van der Waals surface area contributed by atoms with Crippen molar-refractivity contribution in [2.45, 2.75) is 19.0 Å². The largest absolute Gasteiger partial charge is 0.466 e. The van der Waals surface area contributed by atoms with Crippen LogP contribution in [0.3, 0.4) is 0 Å². The van der Waals surface area contributed by atoms with Crippen LogP contribution in [0.4, 0.5) is 8.78 Å². The number of carbonyl (C=O) groups is 1. The highest BCUT2D eigenvalue weighted by Gasteiger charge is 2.20. The Morgan fingerprint density at radius 3 is 2.50 bits per heavy atom. The van der Waals surface area contributed by atoms with Crippen molar-refractivity contribution in [2.24, 2.45) is 0 Å². The van der Waals surface area contributed by atoms with Crippen molar-refractivity contribution in [3.05, 3.63) is 12.2 Å². The van der Waals surface area contributed by atoms with Gasteiger partial charge in [0.15, 0.2) is 0 Å². The molecule has 0 amide bonds. The number of hydrogen-bond acceptors (Lipinski definition) is 3. The van der Waals surface area contributed by atoms with Crippen LogP contribution in [-0.2, 0) is 9.53 Å². The zero-order valence-electron chi connectivity index (χ0n) is 6.59. The van der Waals surface area contributed by atoms with E-state index < -0.39 is 24.9 Å². The molecule has 1 N–H and O–H groups in total. The number of methoxy groups -OCH3 is 1. The van der Waals surface area contributed by atoms with Gasteiger partial charge in [-0.3, -0.25) is 0 Å². The Kier molecular flexibility index (Phi) is 4.43. The first-order chi connectivity index (χ1) is 5.49. The number of aliphatic hydroxyl groups is 1. The Balaban J connectivity index is 3.92. The summed E-state index contributed by atoms with van der Waals surface area (Å²) in [5.41, 5.74) is -0.162. The van der Waals surface area contributed by atoms with Gasteiger partial charge < -0.3 is 9.84 Å². The van der Waals surface area contributed by atoms with Crippen LogP contribution in [0.15, 0.2) is 12.2 Å². The maximum Gasteiger partial charge on any atom is 0.333 e. The maximum absolute atomic E-state index is 11.7. The van der Waals surface area contributed by atoms with E-state index in [0.29, 0.717) is 0 Å². The standard InChI is InChI=1S/C7H10F2O3/c1-4(7(11)12-2)3-5(10)6(8)9/h5-6,10H,1,3H2,2H3. The Labute approximate surface area is 68.6 Å². The Morgan fingerprint density at radius 2 is 2.17 bits per heavy atom. The highest BCUT2D eigenvalue weighted by atomic mass is 19.3. The molecule has 0 spiro atoms. The van der Waals surface area contributed by atoms with Crippen molar-refractivity contribution >= 4 is 5.97 Å². The van der Waals surface area contributed by atoms with Gasteiger partial charge in [-0.1, -0.05) is 6.58 Å². The second-order valence-electron chi connectivity index (χ2n) is 2.20. The minimum atomic E-state index is -2.87. The molecule has 0 rings (SSSR count). The van der Waals surface area contributed by atoms with Crippen LogP contribution < -0.4 is 0 Å². The van der Waals surface area contributed by atoms with Crippen molar-refractivity contribution in [1.82, 2.24) is 0 Å². The number of halogens is 2. The van der Waals surface area contributed by atoms with Gasteiger partial charge in [-0.2, -0.15) is 0 Å². The summed E-state index contributed by atoms with van der Waals surface area (Å²) in [5, 5.41) is 8.62. The number of esters is 1. The normalized spacial score (nSPS) is 12.8. The molecule has 0 aromatic heterocycles. The van der Waals surface area contributed by atoms with Gasteiger partial charge in [0, 0.05) is 12.0 Å². The molecule has 3 nitrogen and oxygen atoms in total. The smallest absolute Gasteiger partial charge is 0.333 e. The molecule has 0 aliphatic carbocycles. The van der Waals surface area contributed by atoms with Crippen molar-refractivity contribution in [3.63, 3.8) is 0 Å². The summed E-state index contributed by atoms with van der Waals surface area (Å²) >= 11 is 0. The van der Waals surface area contributed by atoms with Crippen molar-refractivity contribution in [1.29, 1.82) is 0 Å². The molecule has 1 unspecified atom stereocenters. The van der Waals surface area contributed by atoms with Gasteiger partial charge >= 0.3 is 5.97 Å².